The first kappa shape index (κ1) is 13.8. The number of carbonyl (C=O) groups excluding carboxylic acids is 1. The van der Waals surface area contributed by atoms with Crippen LogP contribution in [0.2, 0.25) is 0 Å². The zero-order valence-electron chi connectivity index (χ0n) is 11.4. The number of ether oxygens (including phenoxy) is 1. The molecule has 2 aliphatic rings. The molecule has 0 aromatic carbocycles. The molecule has 18 heavy (non-hydrogen) atoms. The van der Waals surface area contributed by atoms with Gasteiger partial charge in [0.15, 0.2) is 0 Å². The molecule has 1 spiro atoms. The maximum absolute atomic E-state index is 12.2. The van der Waals surface area contributed by atoms with Gasteiger partial charge < -0.3 is 15.2 Å². The van der Waals surface area contributed by atoms with E-state index in [1.165, 1.54) is 0 Å². The molecule has 1 saturated heterocycles. The van der Waals surface area contributed by atoms with Crippen molar-refractivity contribution in [2.75, 3.05) is 19.8 Å². The summed E-state index contributed by atoms with van der Waals surface area (Å²) in [6.07, 6.45) is 3.72. The molecule has 1 aliphatic heterocycles. The Morgan fingerprint density at radius 2 is 2.11 bits per heavy atom. The zero-order chi connectivity index (χ0) is 13.2. The molecule has 0 radical (unpaired) electrons. The third-order valence-electron chi connectivity index (χ3n) is 4.57. The average Bonchev–Trinajstić information content (AvgIpc) is 3.03. The molecule has 0 bridgehead atoms. The van der Waals surface area contributed by atoms with Crippen LogP contribution in [0.3, 0.4) is 0 Å². The van der Waals surface area contributed by atoms with Crippen molar-refractivity contribution in [3.8, 4) is 0 Å². The van der Waals surface area contributed by atoms with E-state index in [1.807, 2.05) is 0 Å². The molecular formula is C14H25NO3. The average molecular weight is 255 g/mol. The molecule has 1 heterocycles. The molecule has 2 atom stereocenters. The van der Waals surface area contributed by atoms with Crippen LogP contribution >= 0.6 is 0 Å². The lowest BCUT2D eigenvalue weighted by molar-refractivity contribution is -0.124. The molecule has 4 heteroatoms. The maximum Gasteiger partial charge on any atom is 0.223 e. The molecule has 1 saturated carbocycles. The SMILES string of the molecule is CC(C)C(CCO)NC(=O)C1CC12CCOCC2. The van der Waals surface area contributed by atoms with Gasteiger partial charge in [-0.15, -0.1) is 0 Å². The van der Waals surface area contributed by atoms with E-state index in [0.29, 0.717) is 12.3 Å². The van der Waals surface area contributed by atoms with Crippen LogP contribution in [0.4, 0.5) is 0 Å². The summed E-state index contributed by atoms with van der Waals surface area (Å²) in [5.41, 5.74) is 0.239. The van der Waals surface area contributed by atoms with Crippen molar-refractivity contribution >= 4 is 5.91 Å². The number of carbonyl (C=O) groups is 1. The number of hydrogen-bond acceptors (Lipinski definition) is 3. The summed E-state index contributed by atoms with van der Waals surface area (Å²) in [5.74, 6) is 0.732. The highest BCUT2D eigenvalue weighted by Gasteiger charge is 2.58. The number of aliphatic hydroxyl groups is 1. The van der Waals surface area contributed by atoms with Crippen molar-refractivity contribution in [2.45, 2.75) is 45.6 Å². The number of nitrogens with one attached hydrogen (secondary N) is 1. The summed E-state index contributed by atoms with van der Waals surface area (Å²) in [5, 5.41) is 12.1. The number of amides is 1. The van der Waals surface area contributed by atoms with Crippen LogP contribution in [0, 0.1) is 17.3 Å². The standard InChI is InChI=1S/C14H25NO3/c1-10(2)12(3-6-16)15-13(17)11-9-14(11)4-7-18-8-5-14/h10-12,16H,3-9H2,1-2H3,(H,15,17). The molecule has 1 aliphatic carbocycles. The quantitative estimate of drug-likeness (QED) is 0.779. The largest absolute Gasteiger partial charge is 0.396 e. The van der Waals surface area contributed by atoms with Crippen molar-refractivity contribution in [3.63, 3.8) is 0 Å². The normalized spacial score (nSPS) is 27.2. The fraction of sp³-hybridized carbons (Fsp3) is 0.929. The predicted octanol–water partition coefficient (Wildman–Crippen LogP) is 1.33. The van der Waals surface area contributed by atoms with E-state index in [0.717, 1.165) is 32.5 Å². The fourth-order valence-electron chi connectivity index (χ4n) is 3.04. The first-order valence-corrected chi connectivity index (χ1v) is 7.08. The second-order valence-corrected chi connectivity index (χ2v) is 6.10. The molecule has 104 valence electrons. The lowest BCUT2D eigenvalue weighted by atomic mass is 9.93. The van der Waals surface area contributed by atoms with Gasteiger partial charge >= 0.3 is 0 Å². The van der Waals surface area contributed by atoms with Gasteiger partial charge in [-0.3, -0.25) is 4.79 Å². The van der Waals surface area contributed by atoms with Gasteiger partial charge in [0, 0.05) is 31.8 Å². The summed E-state index contributed by atoms with van der Waals surface area (Å²) >= 11 is 0. The minimum Gasteiger partial charge on any atom is -0.396 e. The molecule has 2 fully saturated rings. The van der Waals surface area contributed by atoms with Crippen LogP contribution < -0.4 is 5.32 Å². The molecule has 0 aromatic rings. The molecule has 2 rings (SSSR count). The topological polar surface area (TPSA) is 58.6 Å². The highest BCUT2D eigenvalue weighted by molar-refractivity contribution is 5.82. The maximum atomic E-state index is 12.2. The van der Waals surface area contributed by atoms with E-state index in [4.69, 9.17) is 9.84 Å². The summed E-state index contributed by atoms with van der Waals surface area (Å²) in [7, 11) is 0. The lowest BCUT2D eigenvalue weighted by Gasteiger charge is -2.25. The summed E-state index contributed by atoms with van der Waals surface area (Å²) in [6, 6.07) is 0.0972. The van der Waals surface area contributed by atoms with E-state index >= 15 is 0 Å². The molecule has 1 amide bonds. The molecule has 2 unspecified atom stereocenters. The monoisotopic (exact) mass is 255 g/mol. The van der Waals surface area contributed by atoms with Crippen molar-refractivity contribution in [1.29, 1.82) is 0 Å². The molecule has 0 aromatic heterocycles. The minimum atomic E-state index is 0.0972. The van der Waals surface area contributed by atoms with E-state index in [9.17, 15) is 4.79 Å². The first-order valence-electron chi connectivity index (χ1n) is 7.08. The Balaban J connectivity index is 1.85. The second-order valence-electron chi connectivity index (χ2n) is 6.10. The van der Waals surface area contributed by atoms with Crippen LogP contribution in [-0.4, -0.2) is 36.9 Å². The van der Waals surface area contributed by atoms with Gasteiger partial charge in [0.25, 0.3) is 0 Å². The van der Waals surface area contributed by atoms with Crippen molar-refractivity contribution < 1.29 is 14.6 Å². The molecule has 2 N–H and O–H groups in total. The minimum absolute atomic E-state index is 0.0972. The van der Waals surface area contributed by atoms with Crippen LogP contribution in [0.5, 0.6) is 0 Å². The van der Waals surface area contributed by atoms with Gasteiger partial charge in [0.1, 0.15) is 0 Å². The van der Waals surface area contributed by atoms with E-state index in [1.54, 1.807) is 0 Å². The van der Waals surface area contributed by atoms with E-state index in [2.05, 4.69) is 19.2 Å². The first-order chi connectivity index (χ1) is 8.59. The second kappa shape index (κ2) is 5.57. The Bertz CT molecular complexity index is 297. The Kier molecular flexibility index (Phi) is 4.28. The van der Waals surface area contributed by atoms with E-state index < -0.39 is 0 Å². The Labute approximate surface area is 109 Å². The highest BCUT2D eigenvalue weighted by atomic mass is 16.5. The Hall–Kier alpha value is -0.610. The van der Waals surface area contributed by atoms with Crippen LogP contribution in [0.1, 0.15) is 39.5 Å². The smallest absolute Gasteiger partial charge is 0.223 e. The summed E-state index contributed by atoms with van der Waals surface area (Å²) < 4.78 is 5.37. The zero-order valence-corrected chi connectivity index (χ0v) is 11.4. The van der Waals surface area contributed by atoms with Crippen molar-refractivity contribution in [1.82, 2.24) is 5.32 Å². The molecule has 4 nitrogen and oxygen atoms in total. The third-order valence-corrected chi connectivity index (χ3v) is 4.57. The Morgan fingerprint density at radius 3 is 2.67 bits per heavy atom. The number of hydrogen-bond donors (Lipinski definition) is 2. The van der Waals surface area contributed by atoms with Gasteiger partial charge in [-0.1, -0.05) is 13.8 Å². The fourth-order valence-corrected chi connectivity index (χ4v) is 3.04. The summed E-state index contributed by atoms with van der Waals surface area (Å²) in [6.45, 7) is 5.89. The highest BCUT2D eigenvalue weighted by Crippen LogP contribution is 2.59. The van der Waals surface area contributed by atoms with Gasteiger partial charge in [-0.2, -0.15) is 0 Å². The molecular weight excluding hydrogens is 230 g/mol. The summed E-state index contributed by atoms with van der Waals surface area (Å²) in [4.78, 5) is 12.2. The van der Waals surface area contributed by atoms with Crippen LogP contribution in [0.25, 0.3) is 0 Å². The van der Waals surface area contributed by atoms with Gasteiger partial charge in [0.05, 0.1) is 0 Å². The Morgan fingerprint density at radius 1 is 1.44 bits per heavy atom. The number of aliphatic hydroxyl groups excluding tert-OH is 1. The lowest BCUT2D eigenvalue weighted by Crippen LogP contribution is -2.41. The van der Waals surface area contributed by atoms with Gasteiger partial charge in [-0.05, 0) is 37.0 Å². The van der Waals surface area contributed by atoms with E-state index in [-0.39, 0.29) is 29.9 Å². The third kappa shape index (κ3) is 2.86. The number of rotatable bonds is 5. The van der Waals surface area contributed by atoms with Gasteiger partial charge in [0.2, 0.25) is 5.91 Å². The van der Waals surface area contributed by atoms with Crippen LogP contribution in [-0.2, 0) is 9.53 Å². The van der Waals surface area contributed by atoms with Gasteiger partial charge in [-0.25, -0.2) is 0 Å². The van der Waals surface area contributed by atoms with Crippen LogP contribution in [0.15, 0.2) is 0 Å². The predicted molar refractivity (Wildman–Crippen MR) is 69.1 cm³/mol. The van der Waals surface area contributed by atoms with Crippen molar-refractivity contribution in [3.05, 3.63) is 0 Å². The van der Waals surface area contributed by atoms with Crippen molar-refractivity contribution in [2.24, 2.45) is 17.3 Å².